The summed E-state index contributed by atoms with van der Waals surface area (Å²) in [6, 6.07) is 9.87. The Morgan fingerprint density at radius 1 is 1.24 bits per heavy atom. The second-order valence-electron chi connectivity index (χ2n) is 4.77. The van der Waals surface area contributed by atoms with Crippen LogP contribution in [-0.2, 0) is 4.79 Å². The minimum Gasteiger partial charge on any atom is -0.506 e. The third-order valence-corrected chi connectivity index (χ3v) is 3.33. The molecule has 1 atom stereocenters. The van der Waals surface area contributed by atoms with Crippen molar-refractivity contribution < 1.29 is 14.7 Å². The fourth-order valence-electron chi connectivity index (χ4n) is 2.01. The smallest absolute Gasteiger partial charge is 0.255 e. The van der Waals surface area contributed by atoms with Crippen LogP contribution >= 0.6 is 0 Å². The Balaban J connectivity index is 2.30. The first-order valence-corrected chi connectivity index (χ1v) is 6.42. The van der Waals surface area contributed by atoms with E-state index < -0.39 is 17.9 Å². The van der Waals surface area contributed by atoms with Crippen LogP contribution in [0.25, 0.3) is 10.8 Å². The number of carbonyl (C=O) groups excluding carboxylic acids is 2. The van der Waals surface area contributed by atoms with Crippen molar-refractivity contribution in [3.05, 3.63) is 54.1 Å². The molecule has 108 valence electrons. The summed E-state index contributed by atoms with van der Waals surface area (Å²) in [7, 11) is 0. The van der Waals surface area contributed by atoms with Gasteiger partial charge >= 0.3 is 0 Å². The molecule has 0 fully saturated rings. The molecule has 0 saturated carbocycles. The average Bonchev–Trinajstić information content (AvgIpc) is 2.46. The zero-order valence-corrected chi connectivity index (χ0v) is 11.6. The highest BCUT2D eigenvalue weighted by Gasteiger charge is 2.18. The van der Waals surface area contributed by atoms with Gasteiger partial charge in [-0.05, 0) is 18.4 Å². The third kappa shape index (κ3) is 2.86. The number of carbonyl (C=O) groups is 2. The number of aromatic hydroxyl groups is 1. The SMILES string of the molecule is C=C(C(N)=O)C(C)NC(=O)c1ccc2ccccc2c1O. The van der Waals surface area contributed by atoms with E-state index in [0.717, 1.165) is 5.39 Å². The van der Waals surface area contributed by atoms with Crippen molar-refractivity contribution in [3.8, 4) is 5.75 Å². The Morgan fingerprint density at radius 2 is 1.90 bits per heavy atom. The number of primary amides is 1. The average molecular weight is 284 g/mol. The highest BCUT2D eigenvalue weighted by molar-refractivity contribution is 6.04. The highest BCUT2D eigenvalue weighted by Crippen LogP contribution is 2.28. The predicted octanol–water partition coefficient (Wildman–Crippen LogP) is 1.71. The largest absolute Gasteiger partial charge is 0.506 e. The Hall–Kier alpha value is -2.82. The lowest BCUT2D eigenvalue weighted by Crippen LogP contribution is -2.37. The van der Waals surface area contributed by atoms with Crippen LogP contribution in [0.4, 0.5) is 0 Å². The van der Waals surface area contributed by atoms with E-state index in [0.29, 0.717) is 5.39 Å². The summed E-state index contributed by atoms with van der Waals surface area (Å²) < 4.78 is 0. The quantitative estimate of drug-likeness (QED) is 0.746. The van der Waals surface area contributed by atoms with E-state index >= 15 is 0 Å². The Labute approximate surface area is 122 Å². The van der Waals surface area contributed by atoms with E-state index in [1.165, 1.54) is 6.07 Å². The van der Waals surface area contributed by atoms with Crippen LogP contribution in [0.2, 0.25) is 0 Å². The van der Waals surface area contributed by atoms with Gasteiger partial charge in [-0.3, -0.25) is 9.59 Å². The number of fused-ring (bicyclic) bond motifs is 1. The number of hydrogen-bond donors (Lipinski definition) is 3. The fraction of sp³-hybridized carbons (Fsp3) is 0.125. The minimum atomic E-state index is -0.675. The first kappa shape index (κ1) is 14.6. The molecule has 21 heavy (non-hydrogen) atoms. The van der Waals surface area contributed by atoms with E-state index in [1.54, 1.807) is 25.1 Å². The van der Waals surface area contributed by atoms with Gasteiger partial charge in [-0.25, -0.2) is 0 Å². The number of benzene rings is 2. The van der Waals surface area contributed by atoms with Gasteiger partial charge in [0.2, 0.25) is 5.91 Å². The first-order valence-electron chi connectivity index (χ1n) is 6.42. The van der Waals surface area contributed by atoms with Gasteiger partial charge in [0.25, 0.3) is 5.91 Å². The molecular formula is C16H16N2O3. The maximum Gasteiger partial charge on any atom is 0.255 e. The Morgan fingerprint density at radius 3 is 2.57 bits per heavy atom. The van der Waals surface area contributed by atoms with Gasteiger partial charge in [-0.2, -0.15) is 0 Å². The molecule has 2 rings (SSSR count). The molecule has 2 amide bonds. The maximum absolute atomic E-state index is 12.2. The van der Waals surface area contributed by atoms with Crippen molar-refractivity contribution in [2.75, 3.05) is 0 Å². The fourth-order valence-corrected chi connectivity index (χ4v) is 2.01. The minimum absolute atomic E-state index is 0.0949. The molecule has 2 aromatic carbocycles. The molecule has 0 aliphatic carbocycles. The molecule has 0 aromatic heterocycles. The molecule has 0 spiro atoms. The Bertz CT molecular complexity index is 737. The van der Waals surface area contributed by atoms with Crippen LogP contribution in [-0.4, -0.2) is 23.0 Å². The lowest BCUT2D eigenvalue weighted by atomic mass is 10.0. The van der Waals surface area contributed by atoms with Gasteiger partial charge in [0.15, 0.2) is 0 Å². The normalized spacial score (nSPS) is 11.9. The number of phenols is 1. The summed E-state index contributed by atoms with van der Waals surface area (Å²) in [5.41, 5.74) is 5.35. The summed E-state index contributed by atoms with van der Waals surface area (Å²) >= 11 is 0. The lowest BCUT2D eigenvalue weighted by Gasteiger charge is -2.15. The Kier molecular flexibility index (Phi) is 3.93. The number of hydrogen-bond acceptors (Lipinski definition) is 3. The van der Waals surface area contributed by atoms with Gasteiger partial charge in [-0.15, -0.1) is 0 Å². The van der Waals surface area contributed by atoms with Crippen molar-refractivity contribution in [2.45, 2.75) is 13.0 Å². The maximum atomic E-state index is 12.2. The molecule has 4 N–H and O–H groups in total. The summed E-state index contributed by atoms with van der Waals surface area (Å²) in [6.07, 6.45) is 0. The zero-order valence-electron chi connectivity index (χ0n) is 11.6. The topological polar surface area (TPSA) is 92.4 Å². The van der Waals surface area contributed by atoms with Gasteiger partial charge < -0.3 is 16.2 Å². The molecule has 5 nitrogen and oxygen atoms in total. The molecule has 0 heterocycles. The number of amides is 2. The molecule has 0 aliphatic heterocycles. The molecule has 0 bridgehead atoms. The third-order valence-electron chi connectivity index (χ3n) is 3.33. The standard InChI is InChI=1S/C16H16N2O3/c1-9(15(17)20)10(2)18-16(21)13-8-7-11-5-3-4-6-12(11)14(13)19/h3-8,10,19H,1H2,2H3,(H2,17,20)(H,18,21). The lowest BCUT2D eigenvalue weighted by molar-refractivity contribution is -0.114. The van der Waals surface area contributed by atoms with Crippen LogP contribution in [0.15, 0.2) is 48.6 Å². The monoisotopic (exact) mass is 284 g/mol. The predicted molar refractivity (Wildman–Crippen MR) is 80.9 cm³/mol. The highest BCUT2D eigenvalue weighted by atomic mass is 16.3. The first-order chi connectivity index (χ1) is 9.91. The number of phenolic OH excluding ortho intramolecular Hbond substituents is 1. The van der Waals surface area contributed by atoms with E-state index in [4.69, 9.17) is 5.73 Å². The van der Waals surface area contributed by atoms with Gasteiger partial charge in [0, 0.05) is 11.0 Å². The van der Waals surface area contributed by atoms with Crippen LogP contribution < -0.4 is 11.1 Å². The molecule has 0 aliphatic rings. The molecular weight excluding hydrogens is 268 g/mol. The van der Waals surface area contributed by atoms with Gasteiger partial charge in [-0.1, -0.05) is 36.9 Å². The molecule has 0 saturated heterocycles. The van der Waals surface area contributed by atoms with Crippen LogP contribution in [0, 0.1) is 0 Å². The van der Waals surface area contributed by atoms with Crippen molar-refractivity contribution in [2.24, 2.45) is 5.73 Å². The molecule has 2 aromatic rings. The van der Waals surface area contributed by atoms with E-state index in [-0.39, 0.29) is 16.9 Å². The molecule has 1 unspecified atom stereocenters. The van der Waals surface area contributed by atoms with Crippen molar-refractivity contribution in [1.82, 2.24) is 5.32 Å². The number of rotatable bonds is 4. The van der Waals surface area contributed by atoms with Gasteiger partial charge in [0.05, 0.1) is 11.6 Å². The number of nitrogens with one attached hydrogen (secondary N) is 1. The summed E-state index contributed by atoms with van der Waals surface area (Å²) in [5, 5.41) is 14.2. The van der Waals surface area contributed by atoms with Crippen LogP contribution in [0.1, 0.15) is 17.3 Å². The van der Waals surface area contributed by atoms with Crippen molar-refractivity contribution in [3.63, 3.8) is 0 Å². The van der Waals surface area contributed by atoms with Crippen LogP contribution in [0.5, 0.6) is 5.75 Å². The van der Waals surface area contributed by atoms with Gasteiger partial charge in [0.1, 0.15) is 5.75 Å². The zero-order chi connectivity index (χ0) is 15.6. The summed E-state index contributed by atoms with van der Waals surface area (Å²) in [6.45, 7) is 5.12. The number of nitrogens with two attached hydrogens (primary N) is 1. The molecule has 5 heteroatoms. The van der Waals surface area contributed by atoms with Crippen molar-refractivity contribution in [1.29, 1.82) is 0 Å². The van der Waals surface area contributed by atoms with E-state index in [9.17, 15) is 14.7 Å². The second kappa shape index (κ2) is 5.66. The summed E-state index contributed by atoms with van der Waals surface area (Å²) in [4.78, 5) is 23.2. The van der Waals surface area contributed by atoms with E-state index in [2.05, 4.69) is 11.9 Å². The van der Waals surface area contributed by atoms with E-state index in [1.807, 2.05) is 12.1 Å². The van der Waals surface area contributed by atoms with Crippen molar-refractivity contribution >= 4 is 22.6 Å². The second-order valence-corrected chi connectivity index (χ2v) is 4.77. The summed E-state index contributed by atoms with van der Waals surface area (Å²) in [5.74, 6) is -1.26. The molecule has 0 radical (unpaired) electrons. The van der Waals surface area contributed by atoms with Crippen LogP contribution in [0.3, 0.4) is 0 Å².